The summed E-state index contributed by atoms with van der Waals surface area (Å²) in [6.07, 6.45) is -12.3. The zero-order chi connectivity index (χ0) is 17.2. The SMILES string of the molecule is CCC(NC(=O)O[C@@H]1CCCC[C@H]1C)(C(F)(F)F)C(F)(F)F. The fraction of sp³-hybridized carbons (Fsp3) is 0.923. The highest BCUT2D eigenvalue weighted by Gasteiger charge is 2.71. The van der Waals surface area contributed by atoms with Crippen LogP contribution in [0.5, 0.6) is 0 Å². The molecule has 0 radical (unpaired) electrons. The van der Waals surface area contributed by atoms with Crippen LogP contribution in [0.3, 0.4) is 0 Å². The van der Waals surface area contributed by atoms with Gasteiger partial charge in [0.1, 0.15) is 6.10 Å². The summed E-state index contributed by atoms with van der Waals surface area (Å²) in [6.45, 7) is 2.46. The minimum Gasteiger partial charge on any atom is -0.446 e. The second-order valence-corrected chi connectivity index (χ2v) is 5.58. The Balaban J connectivity index is 2.88. The Morgan fingerprint density at radius 3 is 2.00 bits per heavy atom. The predicted octanol–water partition coefficient (Wildman–Crippen LogP) is 4.56. The van der Waals surface area contributed by atoms with Gasteiger partial charge in [-0.15, -0.1) is 0 Å². The summed E-state index contributed by atoms with van der Waals surface area (Å²) in [5.41, 5.74) is -4.30. The standard InChI is InChI=1S/C13H19F6NO2/c1-3-11(12(14,15)16,13(17,18)19)20-10(21)22-9-7-5-4-6-8(9)2/h8-9H,3-7H2,1-2H3,(H,20,21)/t8-,9-/m1/s1. The second-order valence-electron chi connectivity index (χ2n) is 5.58. The third-order valence-electron chi connectivity index (χ3n) is 4.10. The first-order valence-electron chi connectivity index (χ1n) is 7.07. The number of rotatable bonds is 3. The van der Waals surface area contributed by atoms with Crippen LogP contribution in [-0.4, -0.2) is 30.1 Å². The van der Waals surface area contributed by atoms with Gasteiger partial charge in [-0.2, -0.15) is 26.3 Å². The Morgan fingerprint density at radius 1 is 1.09 bits per heavy atom. The summed E-state index contributed by atoms with van der Waals surface area (Å²) < 4.78 is 82.2. The van der Waals surface area contributed by atoms with Crippen LogP contribution < -0.4 is 5.32 Å². The minimum atomic E-state index is -5.67. The van der Waals surface area contributed by atoms with E-state index < -0.39 is 36.5 Å². The maximum atomic E-state index is 12.9. The molecular formula is C13H19F6NO2. The van der Waals surface area contributed by atoms with E-state index in [-0.39, 0.29) is 5.92 Å². The van der Waals surface area contributed by atoms with Crippen LogP contribution in [0.15, 0.2) is 0 Å². The second kappa shape index (κ2) is 6.54. The number of halogens is 6. The van der Waals surface area contributed by atoms with Gasteiger partial charge in [0.05, 0.1) is 0 Å². The molecule has 22 heavy (non-hydrogen) atoms. The molecule has 1 N–H and O–H groups in total. The summed E-state index contributed by atoms with van der Waals surface area (Å²) in [4.78, 5) is 11.6. The molecule has 0 aromatic carbocycles. The molecule has 1 amide bonds. The van der Waals surface area contributed by atoms with Crippen molar-refractivity contribution < 1.29 is 35.9 Å². The molecule has 0 saturated heterocycles. The molecule has 0 bridgehead atoms. The van der Waals surface area contributed by atoms with Crippen LogP contribution in [-0.2, 0) is 4.74 Å². The first-order chi connectivity index (χ1) is 9.94. The topological polar surface area (TPSA) is 38.3 Å². The summed E-state index contributed by atoms with van der Waals surface area (Å²) in [7, 11) is 0. The largest absolute Gasteiger partial charge is 0.446 e. The lowest BCUT2D eigenvalue weighted by Crippen LogP contribution is -2.67. The lowest BCUT2D eigenvalue weighted by molar-refractivity contribution is -0.305. The number of hydrogen-bond donors (Lipinski definition) is 1. The normalized spacial score (nSPS) is 24.0. The van der Waals surface area contributed by atoms with Crippen molar-refractivity contribution in [3.8, 4) is 0 Å². The maximum absolute atomic E-state index is 12.9. The number of carbonyl (C=O) groups excluding carboxylic acids is 1. The smallest absolute Gasteiger partial charge is 0.420 e. The van der Waals surface area contributed by atoms with Crippen LogP contribution in [0.1, 0.15) is 46.0 Å². The van der Waals surface area contributed by atoms with Crippen molar-refractivity contribution >= 4 is 6.09 Å². The quantitative estimate of drug-likeness (QED) is 0.768. The molecule has 3 nitrogen and oxygen atoms in total. The lowest BCUT2D eigenvalue weighted by atomic mass is 9.88. The summed E-state index contributed by atoms with van der Waals surface area (Å²) in [6, 6.07) is 0. The van der Waals surface area contributed by atoms with Crippen molar-refractivity contribution in [2.75, 3.05) is 0 Å². The average molecular weight is 335 g/mol. The van der Waals surface area contributed by atoms with Crippen LogP contribution in [0, 0.1) is 5.92 Å². The third-order valence-corrected chi connectivity index (χ3v) is 4.10. The Hall–Kier alpha value is -1.15. The summed E-state index contributed by atoms with van der Waals surface area (Å²) >= 11 is 0. The number of alkyl halides is 6. The number of alkyl carbamates (subject to hydrolysis) is 1. The Labute approximate surface area is 124 Å². The average Bonchev–Trinajstić information content (AvgIpc) is 2.35. The maximum Gasteiger partial charge on any atom is 0.420 e. The molecule has 1 aliphatic carbocycles. The number of hydrogen-bond acceptors (Lipinski definition) is 2. The minimum absolute atomic E-state index is 0.0905. The first kappa shape index (κ1) is 18.9. The summed E-state index contributed by atoms with van der Waals surface area (Å²) in [5, 5.41) is 1.02. The van der Waals surface area contributed by atoms with Gasteiger partial charge in [0.25, 0.3) is 0 Å². The van der Waals surface area contributed by atoms with E-state index >= 15 is 0 Å². The van der Waals surface area contributed by atoms with E-state index in [0.717, 1.165) is 24.6 Å². The molecule has 0 aliphatic heterocycles. The van der Waals surface area contributed by atoms with Crippen molar-refractivity contribution in [2.24, 2.45) is 5.92 Å². The van der Waals surface area contributed by atoms with Gasteiger partial charge in [-0.1, -0.05) is 20.3 Å². The number of carbonyl (C=O) groups is 1. The Kier molecular flexibility index (Phi) is 5.61. The molecule has 1 rings (SSSR count). The number of nitrogens with one attached hydrogen (secondary N) is 1. The van der Waals surface area contributed by atoms with E-state index in [9.17, 15) is 31.1 Å². The van der Waals surface area contributed by atoms with Gasteiger partial charge >= 0.3 is 18.4 Å². The molecule has 2 atom stereocenters. The van der Waals surface area contributed by atoms with Crippen molar-refractivity contribution in [1.29, 1.82) is 0 Å². The van der Waals surface area contributed by atoms with Crippen LogP contribution in [0.2, 0.25) is 0 Å². The van der Waals surface area contributed by atoms with Crippen LogP contribution >= 0.6 is 0 Å². The first-order valence-corrected chi connectivity index (χ1v) is 7.07. The molecule has 0 aromatic rings. The van der Waals surface area contributed by atoms with Crippen molar-refractivity contribution in [2.45, 2.75) is 69.9 Å². The van der Waals surface area contributed by atoms with Gasteiger partial charge in [0.15, 0.2) is 0 Å². The molecule has 0 spiro atoms. The highest BCUT2D eigenvalue weighted by Crippen LogP contribution is 2.45. The number of ether oxygens (including phenoxy) is 1. The van der Waals surface area contributed by atoms with Gasteiger partial charge in [-0.05, 0) is 31.6 Å². The Morgan fingerprint density at radius 2 is 1.59 bits per heavy atom. The number of amides is 1. The summed E-state index contributed by atoms with van der Waals surface area (Å²) in [5.74, 6) is -0.0905. The highest BCUT2D eigenvalue weighted by atomic mass is 19.4. The zero-order valence-corrected chi connectivity index (χ0v) is 12.3. The van der Waals surface area contributed by atoms with E-state index in [4.69, 9.17) is 4.74 Å². The molecule has 1 fully saturated rings. The van der Waals surface area contributed by atoms with E-state index in [0.29, 0.717) is 13.3 Å². The van der Waals surface area contributed by atoms with Gasteiger partial charge in [0, 0.05) is 0 Å². The van der Waals surface area contributed by atoms with Gasteiger partial charge in [-0.3, -0.25) is 5.32 Å². The predicted molar refractivity (Wildman–Crippen MR) is 66.2 cm³/mol. The van der Waals surface area contributed by atoms with E-state index in [1.807, 2.05) is 0 Å². The highest BCUT2D eigenvalue weighted by molar-refractivity contribution is 5.69. The molecule has 1 saturated carbocycles. The van der Waals surface area contributed by atoms with E-state index in [1.54, 1.807) is 6.92 Å². The monoisotopic (exact) mass is 335 g/mol. The molecule has 130 valence electrons. The zero-order valence-electron chi connectivity index (χ0n) is 12.3. The Bertz CT molecular complexity index is 379. The molecule has 0 unspecified atom stereocenters. The molecule has 0 aromatic heterocycles. The fourth-order valence-corrected chi connectivity index (χ4v) is 2.59. The molecule has 1 aliphatic rings. The fourth-order valence-electron chi connectivity index (χ4n) is 2.59. The van der Waals surface area contributed by atoms with Crippen LogP contribution in [0.25, 0.3) is 0 Å². The lowest BCUT2D eigenvalue weighted by Gasteiger charge is -2.37. The van der Waals surface area contributed by atoms with Crippen LogP contribution in [0.4, 0.5) is 31.1 Å². The van der Waals surface area contributed by atoms with Crippen molar-refractivity contribution in [1.82, 2.24) is 5.32 Å². The van der Waals surface area contributed by atoms with Gasteiger partial charge in [0.2, 0.25) is 5.54 Å². The third kappa shape index (κ3) is 3.78. The van der Waals surface area contributed by atoms with Crippen molar-refractivity contribution in [3.63, 3.8) is 0 Å². The molecule has 0 heterocycles. The van der Waals surface area contributed by atoms with Gasteiger partial charge < -0.3 is 4.74 Å². The molecule has 9 heteroatoms. The van der Waals surface area contributed by atoms with E-state index in [1.165, 1.54) is 0 Å². The van der Waals surface area contributed by atoms with Crippen molar-refractivity contribution in [3.05, 3.63) is 0 Å². The van der Waals surface area contributed by atoms with E-state index in [2.05, 4.69) is 0 Å². The molecular weight excluding hydrogens is 316 g/mol. The van der Waals surface area contributed by atoms with Gasteiger partial charge in [-0.25, -0.2) is 4.79 Å².